The Hall–Kier alpha value is -2.39. The predicted octanol–water partition coefficient (Wildman–Crippen LogP) is 9.01. The van der Waals surface area contributed by atoms with Crippen LogP contribution in [0.15, 0.2) is 72.8 Å². The van der Waals surface area contributed by atoms with Gasteiger partial charge in [0.25, 0.3) is 0 Å². The maximum absolute atomic E-state index is 11.8. The van der Waals surface area contributed by atoms with Gasteiger partial charge in [-0.2, -0.15) is 0 Å². The Bertz CT molecular complexity index is 920. The highest BCUT2D eigenvalue weighted by Gasteiger charge is 2.24. The normalized spacial score (nSPS) is 16.7. The number of rotatable bonds is 19. The van der Waals surface area contributed by atoms with Crippen molar-refractivity contribution in [3.05, 3.63) is 83.9 Å². The number of aryl methyl sites for hydroxylation is 2. The van der Waals surface area contributed by atoms with Gasteiger partial charge in [0.1, 0.15) is 0 Å². The van der Waals surface area contributed by atoms with Crippen LogP contribution < -0.4 is 5.73 Å². The van der Waals surface area contributed by atoms with Crippen LogP contribution in [0, 0.1) is 23.7 Å². The highest BCUT2D eigenvalue weighted by atomic mass is 16.4. The summed E-state index contributed by atoms with van der Waals surface area (Å²) in [5, 5.41) is 9.71. The summed E-state index contributed by atoms with van der Waals surface area (Å²) in [7, 11) is 0. The van der Waals surface area contributed by atoms with Crippen molar-refractivity contribution in [3.8, 4) is 0 Å². The first-order valence-electron chi connectivity index (χ1n) is 15.8. The molecule has 3 nitrogen and oxygen atoms in total. The van der Waals surface area contributed by atoms with E-state index in [2.05, 4.69) is 66.7 Å². The van der Waals surface area contributed by atoms with Gasteiger partial charge in [-0.25, -0.2) is 0 Å². The van der Waals surface area contributed by atoms with Crippen molar-refractivity contribution in [2.75, 3.05) is 6.54 Å². The molecule has 39 heavy (non-hydrogen) atoms. The maximum atomic E-state index is 11.8. The zero-order chi connectivity index (χ0) is 27.5. The van der Waals surface area contributed by atoms with Crippen LogP contribution in [0.5, 0.6) is 0 Å². The number of allylic oxidation sites excluding steroid dienone is 2. The minimum Gasteiger partial charge on any atom is -0.481 e. The Morgan fingerprint density at radius 1 is 0.795 bits per heavy atom. The number of carbonyl (C=O) groups is 1. The predicted molar refractivity (Wildman–Crippen MR) is 165 cm³/mol. The Morgan fingerprint density at radius 3 is 2.05 bits per heavy atom. The minimum absolute atomic E-state index is 0.173. The molecule has 0 aromatic heterocycles. The van der Waals surface area contributed by atoms with Crippen LogP contribution >= 0.6 is 0 Å². The van der Waals surface area contributed by atoms with E-state index >= 15 is 0 Å². The number of carboxylic acids is 1. The summed E-state index contributed by atoms with van der Waals surface area (Å²) in [6.07, 6.45) is 23.2. The first-order chi connectivity index (χ1) is 19.1. The zero-order valence-corrected chi connectivity index (χ0v) is 24.2. The van der Waals surface area contributed by atoms with Gasteiger partial charge in [0, 0.05) is 6.42 Å². The van der Waals surface area contributed by atoms with Crippen molar-refractivity contribution in [2.24, 2.45) is 29.4 Å². The van der Waals surface area contributed by atoms with Crippen molar-refractivity contribution in [1.82, 2.24) is 0 Å². The molecule has 3 heteroatoms. The Balaban J connectivity index is 1.57. The first-order valence-corrected chi connectivity index (χ1v) is 15.8. The third-order valence-electron chi connectivity index (χ3n) is 9.02. The smallest absolute Gasteiger partial charge is 0.303 e. The van der Waals surface area contributed by atoms with E-state index < -0.39 is 5.97 Å². The fraction of sp³-hybridized carbons (Fsp3) is 0.583. The number of aliphatic carboxylic acids is 1. The van der Waals surface area contributed by atoms with Crippen molar-refractivity contribution < 1.29 is 9.90 Å². The second-order valence-electron chi connectivity index (χ2n) is 12.0. The standard InChI is InChI=1S/C36H53NO2/c37-28-27-34(35(29-36(38)39)26-24-32-18-10-4-11-19-32)25-23-33(22-21-31-16-8-3-9-17-31)20-12-2-7-15-30-13-5-1-6-14-30/h2-4,8-12,16-19,30,33-35H,1,5-7,13-15,20-29,37H2,(H,38,39)/t33-,34-,35+/m0/s1. The number of carboxylic acid groups (broad SMARTS) is 1. The Morgan fingerprint density at radius 2 is 1.44 bits per heavy atom. The fourth-order valence-electron chi connectivity index (χ4n) is 6.61. The molecule has 3 rings (SSSR count). The monoisotopic (exact) mass is 531 g/mol. The van der Waals surface area contributed by atoms with Gasteiger partial charge >= 0.3 is 5.97 Å². The van der Waals surface area contributed by atoms with Gasteiger partial charge < -0.3 is 10.8 Å². The lowest BCUT2D eigenvalue weighted by Crippen LogP contribution is -2.23. The molecule has 0 radical (unpaired) electrons. The molecule has 0 heterocycles. The van der Waals surface area contributed by atoms with Crippen molar-refractivity contribution in [1.29, 1.82) is 0 Å². The molecule has 1 saturated carbocycles. The summed E-state index contributed by atoms with van der Waals surface area (Å²) in [6, 6.07) is 21.3. The molecule has 1 aliphatic rings. The van der Waals surface area contributed by atoms with Gasteiger partial charge in [-0.05, 0) is 106 Å². The molecule has 0 unspecified atom stereocenters. The summed E-state index contributed by atoms with van der Waals surface area (Å²) in [4.78, 5) is 11.8. The van der Waals surface area contributed by atoms with Crippen LogP contribution in [0.25, 0.3) is 0 Å². The molecule has 0 amide bonds. The third kappa shape index (κ3) is 13.0. The van der Waals surface area contributed by atoms with E-state index in [1.54, 1.807) is 0 Å². The van der Waals surface area contributed by atoms with Gasteiger partial charge in [0.2, 0.25) is 0 Å². The summed E-state index contributed by atoms with van der Waals surface area (Å²) in [5.74, 6) is 1.42. The first kappa shape index (κ1) is 31.1. The zero-order valence-electron chi connectivity index (χ0n) is 24.2. The number of benzene rings is 2. The topological polar surface area (TPSA) is 63.3 Å². The third-order valence-corrected chi connectivity index (χ3v) is 9.02. The van der Waals surface area contributed by atoms with Gasteiger partial charge in [0.15, 0.2) is 0 Å². The molecule has 0 saturated heterocycles. The minimum atomic E-state index is -0.684. The molecule has 0 aliphatic heterocycles. The lowest BCUT2D eigenvalue weighted by Gasteiger charge is -2.28. The average molecular weight is 532 g/mol. The fourth-order valence-corrected chi connectivity index (χ4v) is 6.61. The molecule has 1 aliphatic carbocycles. The number of hydrogen-bond donors (Lipinski definition) is 2. The Labute approximate surface area is 238 Å². The van der Waals surface area contributed by atoms with Gasteiger partial charge in [-0.1, -0.05) is 105 Å². The van der Waals surface area contributed by atoms with Gasteiger partial charge in [-0.15, -0.1) is 0 Å². The van der Waals surface area contributed by atoms with Crippen LogP contribution in [-0.2, 0) is 17.6 Å². The van der Waals surface area contributed by atoms with E-state index in [0.717, 1.165) is 50.9 Å². The van der Waals surface area contributed by atoms with Crippen LogP contribution in [-0.4, -0.2) is 17.6 Å². The quantitative estimate of drug-likeness (QED) is 0.178. The largest absolute Gasteiger partial charge is 0.481 e. The van der Waals surface area contributed by atoms with Gasteiger partial charge in [0.05, 0.1) is 0 Å². The molecule has 2 aromatic rings. The molecule has 214 valence electrons. The SMILES string of the molecule is NCC[C@H](CC[C@@H](CC=CCCC1CCCCC1)CCc1ccccc1)[C@H](CCc1ccccc1)CC(=O)O. The van der Waals surface area contributed by atoms with E-state index in [1.165, 1.54) is 62.5 Å². The van der Waals surface area contributed by atoms with Crippen LogP contribution in [0.2, 0.25) is 0 Å². The number of nitrogens with two attached hydrogens (primary N) is 1. The average Bonchev–Trinajstić information content (AvgIpc) is 2.97. The lowest BCUT2D eigenvalue weighted by atomic mass is 9.78. The molecular weight excluding hydrogens is 478 g/mol. The summed E-state index contributed by atoms with van der Waals surface area (Å²) in [6.45, 7) is 0.627. The molecule has 0 spiro atoms. The molecule has 3 N–H and O–H groups in total. The maximum Gasteiger partial charge on any atom is 0.303 e. The summed E-state index contributed by atoms with van der Waals surface area (Å²) in [5.41, 5.74) is 8.76. The highest BCUT2D eigenvalue weighted by Crippen LogP contribution is 2.32. The molecule has 2 aromatic carbocycles. The van der Waals surface area contributed by atoms with Crippen LogP contribution in [0.3, 0.4) is 0 Å². The van der Waals surface area contributed by atoms with E-state index in [0.29, 0.717) is 18.4 Å². The summed E-state index contributed by atoms with van der Waals surface area (Å²) >= 11 is 0. The van der Waals surface area contributed by atoms with E-state index in [9.17, 15) is 9.90 Å². The second kappa shape index (κ2) is 18.8. The Kier molecular flexibility index (Phi) is 15.0. The van der Waals surface area contributed by atoms with E-state index in [1.807, 2.05) is 6.07 Å². The molecule has 1 fully saturated rings. The molecule has 0 bridgehead atoms. The highest BCUT2D eigenvalue weighted by molar-refractivity contribution is 5.67. The van der Waals surface area contributed by atoms with Crippen molar-refractivity contribution in [3.63, 3.8) is 0 Å². The van der Waals surface area contributed by atoms with E-state index in [4.69, 9.17) is 5.73 Å². The van der Waals surface area contributed by atoms with Crippen LogP contribution in [0.4, 0.5) is 0 Å². The van der Waals surface area contributed by atoms with Crippen molar-refractivity contribution in [2.45, 2.75) is 103 Å². The van der Waals surface area contributed by atoms with Gasteiger partial charge in [-0.3, -0.25) is 4.79 Å². The lowest BCUT2D eigenvalue weighted by molar-refractivity contribution is -0.138. The van der Waals surface area contributed by atoms with E-state index in [-0.39, 0.29) is 12.3 Å². The number of hydrogen-bond acceptors (Lipinski definition) is 2. The van der Waals surface area contributed by atoms with Crippen LogP contribution in [0.1, 0.15) is 101 Å². The molecular formula is C36H53NO2. The molecule has 3 atom stereocenters. The second-order valence-corrected chi connectivity index (χ2v) is 12.0. The summed E-state index contributed by atoms with van der Waals surface area (Å²) < 4.78 is 0. The van der Waals surface area contributed by atoms with Crippen molar-refractivity contribution >= 4 is 5.97 Å².